The number of phenolic OH excluding ortho intramolecular Hbond substituents is 1. The van der Waals surface area contributed by atoms with Gasteiger partial charge in [0.2, 0.25) is 0 Å². The Morgan fingerprint density at radius 2 is 1.95 bits per heavy atom. The highest BCUT2D eigenvalue weighted by Crippen LogP contribution is 2.30. The van der Waals surface area contributed by atoms with Gasteiger partial charge in [0.25, 0.3) is 5.91 Å². The van der Waals surface area contributed by atoms with Gasteiger partial charge in [0, 0.05) is 32.7 Å². The molecule has 1 saturated heterocycles. The number of rotatable bonds is 3. The van der Waals surface area contributed by atoms with E-state index in [1.54, 1.807) is 4.90 Å². The summed E-state index contributed by atoms with van der Waals surface area (Å²) in [6.45, 7) is 3.97. The van der Waals surface area contributed by atoms with Crippen molar-refractivity contribution < 1.29 is 14.3 Å². The number of nitrogens with zero attached hydrogens (tertiary/aromatic N) is 2. The van der Waals surface area contributed by atoms with Crippen molar-refractivity contribution in [3.63, 3.8) is 0 Å². The van der Waals surface area contributed by atoms with E-state index in [9.17, 15) is 14.3 Å². The summed E-state index contributed by atoms with van der Waals surface area (Å²) in [5.41, 5.74) is -0.205. The van der Waals surface area contributed by atoms with Crippen molar-refractivity contribution in [3.05, 3.63) is 29.6 Å². The lowest BCUT2D eigenvalue weighted by atomic mass is 10.1. The first-order valence-electron chi connectivity index (χ1n) is 7.14. The maximum Gasteiger partial charge on any atom is 0.260 e. The Morgan fingerprint density at radius 3 is 2.55 bits per heavy atom. The minimum absolute atomic E-state index is 0.205. The molecule has 5 heteroatoms. The Balaban J connectivity index is 1.63. The van der Waals surface area contributed by atoms with Gasteiger partial charge in [-0.15, -0.1) is 0 Å². The van der Waals surface area contributed by atoms with E-state index in [-0.39, 0.29) is 11.3 Å². The smallest absolute Gasteiger partial charge is 0.260 e. The molecule has 1 aromatic rings. The molecule has 1 aliphatic carbocycles. The largest absolute Gasteiger partial charge is 0.507 e. The number of hydrogen-bond donors (Lipinski definition) is 1. The number of hydrogen-bond acceptors (Lipinski definition) is 3. The number of phenols is 1. The Labute approximate surface area is 117 Å². The molecule has 0 atom stereocenters. The summed E-state index contributed by atoms with van der Waals surface area (Å²) in [6, 6.07) is 3.95. The van der Waals surface area contributed by atoms with Crippen LogP contribution in [0.3, 0.4) is 0 Å². The molecule has 4 nitrogen and oxygen atoms in total. The van der Waals surface area contributed by atoms with E-state index in [2.05, 4.69) is 4.90 Å². The molecule has 0 spiro atoms. The van der Waals surface area contributed by atoms with Gasteiger partial charge in [0.05, 0.1) is 0 Å². The summed E-state index contributed by atoms with van der Waals surface area (Å²) in [4.78, 5) is 16.3. The molecule has 108 valence electrons. The Kier molecular flexibility index (Phi) is 3.61. The number of carbonyl (C=O) groups excluding carboxylic acids is 1. The normalized spacial score (nSPS) is 20.1. The van der Waals surface area contributed by atoms with Crippen LogP contribution in [-0.4, -0.2) is 53.5 Å². The third-order valence-electron chi connectivity index (χ3n) is 4.08. The number of halogens is 1. The second-order valence-electron chi connectivity index (χ2n) is 5.67. The van der Waals surface area contributed by atoms with Crippen molar-refractivity contribution >= 4 is 5.91 Å². The predicted octanol–water partition coefficient (Wildman–Crippen LogP) is 1.70. The van der Waals surface area contributed by atoms with Crippen LogP contribution in [0.4, 0.5) is 4.39 Å². The van der Waals surface area contributed by atoms with Crippen LogP contribution in [0.1, 0.15) is 23.2 Å². The van der Waals surface area contributed by atoms with E-state index < -0.39 is 11.7 Å². The number of piperazine rings is 1. The van der Waals surface area contributed by atoms with Gasteiger partial charge in [-0.25, -0.2) is 4.39 Å². The first kappa shape index (κ1) is 13.4. The van der Waals surface area contributed by atoms with Crippen molar-refractivity contribution in [2.75, 3.05) is 32.7 Å². The molecule has 1 N–H and O–H groups in total. The van der Waals surface area contributed by atoms with Crippen molar-refractivity contribution in [2.45, 2.75) is 12.8 Å². The zero-order valence-electron chi connectivity index (χ0n) is 11.4. The van der Waals surface area contributed by atoms with Gasteiger partial charge in [-0.3, -0.25) is 9.69 Å². The van der Waals surface area contributed by atoms with Crippen molar-refractivity contribution in [1.29, 1.82) is 0 Å². The van der Waals surface area contributed by atoms with Crippen molar-refractivity contribution in [1.82, 2.24) is 9.80 Å². The fourth-order valence-electron chi connectivity index (χ4n) is 2.68. The Hall–Kier alpha value is -1.62. The molecular formula is C15H19FN2O2. The summed E-state index contributed by atoms with van der Waals surface area (Å²) in [6.07, 6.45) is 2.64. The molecule has 1 amide bonds. The zero-order valence-corrected chi connectivity index (χ0v) is 11.4. The minimum atomic E-state index is -0.657. The molecule has 1 saturated carbocycles. The van der Waals surface area contributed by atoms with E-state index in [4.69, 9.17) is 0 Å². The molecule has 1 heterocycles. The second-order valence-corrected chi connectivity index (χ2v) is 5.67. The summed E-state index contributed by atoms with van der Waals surface area (Å²) in [7, 11) is 0. The fourth-order valence-corrected chi connectivity index (χ4v) is 2.68. The van der Waals surface area contributed by atoms with Gasteiger partial charge >= 0.3 is 0 Å². The van der Waals surface area contributed by atoms with Crippen molar-refractivity contribution in [2.24, 2.45) is 5.92 Å². The zero-order chi connectivity index (χ0) is 14.1. The van der Waals surface area contributed by atoms with Gasteiger partial charge in [0.1, 0.15) is 17.1 Å². The van der Waals surface area contributed by atoms with Gasteiger partial charge in [-0.2, -0.15) is 0 Å². The van der Waals surface area contributed by atoms with E-state index in [0.29, 0.717) is 13.1 Å². The molecule has 2 aliphatic rings. The van der Waals surface area contributed by atoms with E-state index >= 15 is 0 Å². The second kappa shape index (κ2) is 5.40. The van der Waals surface area contributed by atoms with E-state index in [1.165, 1.54) is 31.0 Å². The average molecular weight is 278 g/mol. The standard InChI is InChI=1S/C15H19FN2O2/c16-12-2-1-3-13(19)14(12)15(20)18-8-6-17(7-9-18)10-11-4-5-11/h1-3,11,19H,4-10H2. The maximum absolute atomic E-state index is 13.7. The molecule has 2 fully saturated rings. The highest BCUT2D eigenvalue weighted by atomic mass is 19.1. The summed E-state index contributed by atoms with van der Waals surface area (Å²) in [5, 5.41) is 9.67. The third-order valence-corrected chi connectivity index (χ3v) is 4.08. The van der Waals surface area contributed by atoms with Gasteiger partial charge in [-0.05, 0) is 30.9 Å². The van der Waals surface area contributed by atoms with Crippen LogP contribution in [0, 0.1) is 11.7 Å². The number of benzene rings is 1. The van der Waals surface area contributed by atoms with Gasteiger partial charge < -0.3 is 10.0 Å². The molecule has 1 aromatic carbocycles. The molecule has 0 radical (unpaired) electrons. The summed E-state index contributed by atoms with van der Waals surface area (Å²) in [5.74, 6) is -0.509. The number of aromatic hydroxyl groups is 1. The molecule has 0 aromatic heterocycles. The van der Waals surface area contributed by atoms with Gasteiger partial charge in [0.15, 0.2) is 0 Å². The highest BCUT2D eigenvalue weighted by molar-refractivity contribution is 5.97. The molecule has 0 bridgehead atoms. The molecule has 20 heavy (non-hydrogen) atoms. The van der Waals surface area contributed by atoms with Crippen molar-refractivity contribution in [3.8, 4) is 5.75 Å². The van der Waals surface area contributed by atoms with Crippen LogP contribution in [0.15, 0.2) is 18.2 Å². The van der Waals surface area contributed by atoms with Crippen LogP contribution in [0.5, 0.6) is 5.75 Å². The lowest BCUT2D eigenvalue weighted by molar-refractivity contribution is 0.0624. The summed E-state index contributed by atoms with van der Waals surface area (Å²) < 4.78 is 13.7. The molecule has 0 unspecified atom stereocenters. The lowest BCUT2D eigenvalue weighted by Crippen LogP contribution is -2.49. The average Bonchev–Trinajstić information content (AvgIpc) is 3.23. The van der Waals surface area contributed by atoms with Crippen LogP contribution < -0.4 is 0 Å². The van der Waals surface area contributed by atoms with Crippen LogP contribution >= 0.6 is 0 Å². The Morgan fingerprint density at radius 1 is 1.25 bits per heavy atom. The first-order chi connectivity index (χ1) is 9.65. The van der Waals surface area contributed by atoms with E-state index in [0.717, 1.165) is 25.6 Å². The van der Waals surface area contributed by atoms with Gasteiger partial charge in [-0.1, -0.05) is 6.07 Å². The van der Waals surface area contributed by atoms with Crippen LogP contribution in [-0.2, 0) is 0 Å². The Bertz CT molecular complexity index is 488. The SMILES string of the molecule is O=C(c1c(O)cccc1F)N1CCN(CC2CC2)CC1. The fraction of sp³-hybridized carbons (Fsp3) is 0.533. The molecule has 1 aliphatic heterocycles. The lowest BCUT2D eigenvalue weighted by Gasteiger charge is -2.34. The molecule has 3 rings (SSSR count). The first-order valence-corrected chi connectivity index (χ1v) is 7.14. The van der Waals surface area contributed by atoms with E-state index in [1.807, 2.05) is 0 Å². The number of amides is 1. The topological polar surface area (TPSA) is 43.8 Å². The minimum Gasteiger partial charge on any atom is -0.507 e. The maximum atomic E-state index is 13.7. The van der Waals surface area contributed by atoms with Crippen LogP contribution in [0.25, 0.3) is 0 Å². The monoisotopic (exact) mass is 278 g/mol. The van der Waals surface area contributed by atoms with Crippen LogP contribution in [0.2, 0.25) is 0 Å². The quantitative estimate of drug-likeness (QED) is 0.915. The number of carbonyl (C=O) groups is 1. The predicted molar refractivity (Wildman–Crippen MR) is 73.1 cm³/mol. The molecular weight excluding hydrogens is 259 g/mol. The summed E-state index contributed by atoms with van der Waals surface area (Å²) >= 11 is 0. The third kappa shape index (κ3) is 2.77. The highest BCUT2D eigenvalue weighted by Gasteiger charge is 2.29.